The number of ether oxygens (including phenoxy) is 2. The Bertz CT molecular complexity index is 945. The van der Waals surface area contributed by atoms with E-state index in [-0.39, 0.29) is 5.41 Å². The highest BCUT2D eigenvalue weighted by Gasteiger charge is 2.61. The second-order valence-corrected chi connectivity index (χ2v) is 10.1. The van der Waals surface area contributed by atoms with Crippen molar-refractivity contribution in [2.75, 3.05) is 13.8 Å². The van der Waals surface area contributed by atoms with Gasteiger partial charge in [0.15, 0.2) is 10.8 Å². The highest BCUT2D eigenvalue weighted by Crippen LogP contribution is 2.59. The second kappa shape index (κ2) is 7.90. The van der Waals surface area contributed by atoms with Crippen molar-refractivity contribution in [3.63, 3.8) is 0 Å². The van der Waals surface area contributed by atoms with E-state index in [9.17, 15) is 0 Å². The topological polar surface area (TPSA) is 33.7 Å². The van der Waals surface area contributed by atoms with Crippen LogP contribution in [0.3, 0.4) is 0 Å². The van der Waals surface area contributed by atoms with Crippen LogP contribution in [0.25, 0.3) is 0 Å². The van der Waals surface area contributed by atoms with Crippen molar-refractivity contribution >= 4 is 33.3 Å². The molecule has 3 aliphatic rings. The van der Waals surface area contributed by atoms with Crippen LogP contribution >= 0.6 is 28.1 Å². The van der Waals surface area contributed by atoms with Crippen LogP contribution in [0.1, 0.15) is 42.4 Å². The Hall–Kier alpha value is -1.47. The number of halogens is 1. The first-order valence-corrected chi connectivity index (χ1v) is 11.8. The fourth-order valence-electron chi connectivity index (χ4n) is 5.56. The van der Waals surface area contributed by atoms with Gasteiger partial charge < -0.3 is 19.7 Å². The largest absolute Gasteiger partial charge is 0.381 e. The molecule has 0 bridgehead atoms. The van der Waals surface area contributed by atoms with Gasteiger partial charge in [-0.05, 0) is 67.6 Å². The molecule has 158 valence electrons. The maximum absolute atomic E-state index is 6.79. The lowest BCUT2D eigenvalue weighted by Gasteiger charge is -2.53. The van der Waals surface area contributed by atoms with E-state index in [0.29, 0.717) is 12.8 Å². The number of nitrogens with zero attached hydrogens (tertiary/aromatic N) is 1. The molecule has 2 fully saturated rings. The summed E-state index contributed by atoms with van der Waals surface area (Å²) in [5.74, 6) is 0. The molecule has 1 heterocycles. The van der Waals surface area contributed by atoms with Gasteiger partial charge in [-0.1, -0.05) is 52.3 Å². The third kappa shape index (κ3) is 3.29. The molecule has 5 rings (SSSR count). The average Bonchev–Trinajstić information content (AvgIpc) is 3.00. The molecule has 1 N–H and O–H groups in total. The molecule has 2 aromatic carbocycles. The van der Waals surface area contributed by atoms with Crippen molar-refractivity contribution in [3.8, 4) is 0 Å². The predicted octanol–water partition coefficient (Wildman–Crippen LogP) is 5.10. The van der Waals surface area contributed by atoms with Crippen LogP contribution in [0.2, 0.25) is 0 Å². The lowest BCUT2D eigenvalue weighted by atomic mass is 9.66. The van der Waals surface area contributed by atoms with E-state index in [1.807, 2.05) is 13.2 Å². The number of methoxy groups -OCH3 is 1. The summed E-state index contributed by atoms with van der Waals surface area (Å²) in [6.07, 6.45) is 5.59. The summed E-state index contributed by atoms with van der Waals surface area (Å²) >= 11 is 9.57. The molecular weight excluding hydrogens is 460 g/mol. The third-order valence-corrected chi connectivity index (χ3v) is 8.03. The zero-order chi connectivity index (χ0) is 20.8. The van der Waals surface area contributed by atoms with E-state index >= 15 is 0 Å². The Morgan fingerprint density at radius 2 is 1.97 bits per heavy atom. The van der Waals surface area contributed by atoms with Gasteiger partial charge >= 0.3 is 0 Å². The van der Waals surface area contributed by atoms with Gasteiger partial charge in [-0.25, -0.2) is 0 Å². The van der Waals surface area contributed by atoms with Gasteiger partial charge in [-0.15, -0.1) is 0 Å². The molecule has 2 aromatic rings. The van der Waals surface area contributed by atoms with E-state index in [4.69, 9.17) is 21.7 Å². The van der Waals surface area contributed by atoms with Crippen LogP contribution in [0.15, 0.2) is 53.0 Å². The molecule has 0 aromatic heterocycles. The smallest absolute Gasteiger partial charge is 0.175 e. The lowest BCUT2D eigenvalue weighted by molar-refractivity contribution is -0.199. The van der Waals surface area contributed by atoms with E-state index in [1.54, 1.807) is 0 Å². The predicted molar refractivity (Wildman–Crippen MR) is 125 cm³/mol. The Labute approximate surface area is 192 Å². The summed E-state index contributed by atoms with van der Waals surface area (Å²) in [7, 11) is 1.82. The highest BCUT2D eigenvalue weighted by molar-refractivity contribution is 9.10. The number of thiocarbonyl (C=S) groups is 1. The van der Waals surface area contributed by atoms with Gasteiger partial charge in [0.25, 0.3) is 0 Å². The van der Waals surface area contributed by atoms with Gasteiger partial charge in [0.05, 0.1) is 6.10 Å². The first-order valence-electron chi connectivity index (χ1n) is 10.6. The summed E-state index contributed by atoms with van der Waals surface area (Å²) in [6, 6.07) is 17.0. The molecule has 1 aliphatic heterocycles. The van der Waals surface area contributed by atoms with E-state index in [0.717, 1.165) is 48.2 Å². The van der Waals surface area contributed by atoms with Crippen LogP contribution in [0, 0.1) is 5.41 Å². The van der Waals surface area contributed by atoms with Crippen LogP contribution in [0.5, 0.6) is 0 Å². The Morgan fingerprint density at radius 3 is 2.67 bits per heavy atom. The summed E-state index contributed by atoms with van der Waals surface area (Å²) in [4.78, 5) is 2.11. The molecule has 6 heteroatoms. The first kappa shape index (κ1) is 20.4. The van der Waals surface area contributed by atoms with Gasteiger partial charge in [0.2, 0.25) is 0 Å². The normalized spacial score (nSPS) is 30.5. The van der Waals surface area contributed by atoms with Gasteiger partial charge in [0, 0.05) is 29.1 Å². The van der Waals surface area contributed by atoms with Crippen molar-refractivity contribution < 1.29 is 9.47 Å². The van der Waals surface area contributed by atoms with Crippen molar-refractivity contribution in [1.29, 1.82) is 0 Å². The maximum atomic E-state index is 6.79. The number of nitrogens with one attached hydrogen (secondary N) is 1. The van der Waals surface area contributed by atoms with Crippen molar-refractivity contribution in [1.82, 2.24) is 10.2 Å². The van der Waals surface area contributed by atoms with Gasteiger partial charge in [0.1, 0.15) is 6.73 Å². The lowest BCUT2D eigenvalue weighted by Crippen LogP contribution is -2.65. The van der Waals surface area contributed by atoms with Crippen LogP contribution in [0.4, 0.5) is 0 Å². The quantitative estimate of drug-likeness (QED) is 0.610. The fourth-order valence-corrected chi connectivity index (χ4v) is 6.19. The van der Waals surface area contributed by atoms with Crippen LogP contribution in [-0.2, 0) is 28.2 Å². The SMILES string of the molecule is COC1CCC2(CC1)Cc1ccc(Br)cc1C21NC(=S)N(Cc2ccccc2)CO1. The molecule has 0 radical (unpaired) electrons. The number of hydrogen-bond donors (Lipinski definition) is 1. The second-order valence-electron chi connectivity index (χ2n) is 8.76. The third-order valence-electron chi connectivity index (χ3n) is 7.17. The molecule has 1 saturated heterocycles. The van der Waals surface area contributed by atoms with Crippen molar-refractivity contribution in [2.24, 2.45) is 5.41 Å². The highest BCUT2D eigenvalue weighted by atomic mass is 79.9. The monoisotopic (exact) mass is 486 g/mol. The maximum Gasteiger partial charge on any atom is 0.175 e. The minimum Gasteiger partial charge on any atom is -0.381 e. The fraction of sp³-hybridized carbons (Fsp3) is 0.458. The summed E-state index contributed by atoms with van der Waals surface area (Å²) in [6.45, 7) is 1.23. The number of fused-ring (bicyclic) bond motifs is 3. The summed E-state index contributed by atoms with van der Waals surface area (Å²) in [5.41, 5.74) is 3.24. The first-order chi connectivity index (χ1) is 14.6. The number of hydrogen-bond acceptors (Lipinski definition) is 3. The van der Waals surface area contributed by atoms with Crippen LogP contribution in [-0.4, -0.2) is 30.0 Å². The van der Waals surface area contributed by atoms with Gasteiger partial charge in [-0.3, -0.25) is 0 Å². The minimum atomic E-state index is -0.574. The Morgan fingerprint density at radius 1 is 1.20 bits per heavy atom. The summed E-state index contributed by atoms with van der Waals surface area (Å²) in [5, 5.41) is 4.48. The van der Waals surface area contributed by atoms with Crippen molar-refractivity contribution in [3.05, 3.63) is 69.7 Å². The molecule has 2 spiro atoms. The number of benzene rings is 2. The molecule has 1 saturated carbocycles. The zero-order valence-electron chi connectivity index (χ0n) is 17.2. The molecule has 0 amide bonds. The minimum absolute atomic E-state index is 0.00590. The van der Waals surface area contributed by atoms with Crippen LogP contribution < -0.4 is 5.32 Å². The van der Waals surface area contributed by atoms with Crippen molar-refractivity contribution in [2.45, 2.75) is 50.5 Å². The molecule has 4 nitrogen and oxygen atoms in total. The number of rotatable bonds is 3. The Kier molecular flexibility index (Phi) is 5.38. The van der Waals surface area contributed by atoms with Gasteiger partial charge in [-0.2, -0.15) is 0 Å². The molecule has 30 heavy (non-hydrogen) atoms. The Balaban J connectivity index is 1.47. The summed E-state index contributed by atoms with van der Waals surface area (Å²) < 4.78 is 13.5. The molecule has 1 unspecified atom stereocenters. The molecule has 2 aliphatic carbocycles. The average molecular weight is 487 g/mol. The molecular formula is C24H27BrN2O2S. The zero-order valence-corrected chi connectivity index (χ0v) is 19.6. The molecule has 1 atom stereocenters. The van der Waals surface area contributed by atoms with E-state index in [2.05, 4.69) is 68.6 Å². The van der Waals surface area contributed by atoms with E-state index in [1.165, 1.54) is 16.7 Å². The standard InChI is InChI=1S/C24H27BrN2O2S/c1-28-20-9-11-23(12-10-20)14-18-7-8-19(25)13-21(18)24(23)26-22(30)27(16-29-24)15-17-5-3-2-4-6-17/h2-8,13,20H,9-12,14-16H2,1H3,(H,26,30). The van der Waals surface area contributed by atoms with E-state index < -0.39 is 5.72 Å².